The van der Waals surface area contributed by atoms with Crippen molar-refractivity contribution in [1.82, 2.24) is 0 Å². The normalized spacial score (nSPS) is 11.3. The molecule has 234 valence electrons. The number of hydrogen-bond donors (Lipinski definition) is 0. The minimum atomic E-state index is 1.12. The number of hydrogen-bond acceptors (Lipinski definition) is 2. The summed E-state index contributed by atoms with van der Waals surface area (Å²) in [6.07, 6.45) is 4.37. The first kappa shape index (κ1) is 30.0. The van der Waals surface area contributed by atoms with Crippen LogP contribution in [0.15, 0.2) is 188 Å². The maximum absolute atomic E-state index is 2.39. The van der Waals surface area contributed by atoms with Gasteiger partial charge in [-0.05, 0) is 107 Å². The summed E-state index contributed by atoms with van der Waals surface area (Å²) in [7, 11) is 0. The molecule has 8 rings (SSSR count). The summed E-state index contributed by atoms with van der Waals surface area (Å²) in [6.45, 7) is 2.15. The van der Waals surface area contributed by atoms with Crippen molar-refractivity contribution in [3.63, 3.8) is 0 Å². The highest BCUT2D eigenvalue weighted by molar-refractivity contribution is 6.14. The van der Waals surface area contributed by atoms with E-state index in [1.807, 2.05) is 0 Å². The summed E-state index contributed by atoms with van der Waals surface area (Å²) in [6, 6.07) is 67.1. The van der Waals surface area contributed by atoms with E-state index in [-0.39, 0.29) is 0 Å². The topological polar surface area (TPSA) is 6.48 Å². The van der Waals surface area contributed by atoms with Gasteiger partial charge in [0.2, 0.25) is 0 Å². The van der Waals surface area contributed by atoms with Crippen molar-refractivity contribution in [3.05, 3.63) is 205 Å². The Morgan fingerprint density at radius 3 is 1.41 bits per heavy atom. The summed E-state index contributed by atoms with van der Waals surface area (Å²) in [5.41, 5.74) is 10.3. The van der Waals surface area contributed by atoms with E-state index >= 15 is 0 Å². The summed E-state index contributed by atoms with van der Waals surface area (Å²) < 4.78 is 0. The third kappa shape index (κ3) is 6.20. The van der Waals surface area contributed by atoms with Crippen molar-refractivity contribution in [2.45, 2.75) is 6.92 Å². The van der Waals surface area contributed by atoms with Crippen LogP contribution in [-0.4, -0.2) is 0 Å². The van der Waals surface area contributed by atoms with E-state index in [4.69, 9.17) is 0 Å². The number of rotatable bonds is 8. The van der Waals surface area contributed by atoms with Crippen molar-refractivity contribution in [3.8, 4) is 0 Å². The number of fused-ring (bicyclic) bond motifs is 3. The number of nitrogens with zero attached hydrogens (tertiary/aromatic N) is 2. The average molecular weight is 629 g/mol. The van der Waals surface area contributed by atoms with Gasteiger partial charge in [0, 0.05) is 33.8 Å². The van der Waals surface area contributed by atoms with E-state index in [9.17, 15) is 0 Å². The monoisotopic (exact) mass is 628 g/mol. The largest absolute Gasteiger partial charge is 0.311 e. The zero-order valence-corrected chi connectivity index (χ0v) is 27.4. The zero-order valence-electron chi connectivity index (χ0n) is 27.4. The van der Waals surface area contributed by atoms with Gasteiger partial charge >= 0.3 is 0 Å². The molecular weight excluding hydrogens is 593 g/mol. The lowest BCUT2D eigenvalue weighted by Crippen LogP contribution is -2.10. The highest BCUT2D eigenvalue weighted by Gasteiger charge is 2.17. The summed E-state index contributed by atoms with van der Waals surface area (Å²) in [4.78, 5) is 4.67. The molecule has 0 heterocycles. The highest BCUT2D eigenvalue weighted by Crippen LogP contribution is 2.42. The van der Waals surface area contributed by atoms with Crippen LogP contribution in [-0.2, 0) is 0 Å². The minimum Gasteiger partial charge on any atom is -0.311 e. The van der Waals surface area contributed by atoms with Gasteiger partial charge in [-0.25, -0.2) is 0 Å². The molecule has 0 atom stereocenters. The summed E-state index contributed by atoms with van der Waals surface area (Å²) in [5.74, 6) is 0. The maximum atomic E-state index is 2.39. The molecule has 0 aromatic heterocycles. The van der Waals surface area contributed by atoms with E-state index in [2.05, 4.69) is 217 Å². The molecule has 0 radical (unpaired) electrons. The standard InChI is InChI=1S/C47H36N2/c1-35-13-12-19-43(33-35)49(47-34-38-14-8-9-20-44(38)45-21-10-11-22-46(45)47)42-31-27-37(28-32-42)24-23-36-25-29-41(30-26-36)48(39-15-4-2-5-16-39)40-17-6-3-7-18-40/h2-34H,1H3/b24-23+. The fourth-order valence-corrected chi connectivity index (χ4v) is 6.68. The second-order valence-corrected chi connectivity index (χ2v) is 12.4. The number of para-hydroxylation sites is 2. The highest BCUT2D eigenvalue weighted by atomic mass is 15.1. The lowest BCUT2D eigenvalue weighted by Gasteiger charge is -2.28. The van der Waals surface area contributed by atoms with Gasteiger partial charge < -0.3 is 9.80 Å². The molecule has 0 spiro atoms. The van der Waals surface area contributed by atoms with E-state index in [0.29, 0.717) is 0 Å². The van der Waals surface area contributed by atoms with Gasteiger partial charge in [-0.15, -0.1) is 0 Å². The van der Waals surface area contributed by atoms with Crippen molar-refractivity contribution in [2.75, 3.05) is 9.80 Å². The summed E-state index contributed by atoms with van der Waals surface area (Å²) >= 11 is 0. The summed E-state index contributed by atoms with van der Waals surface area (Å²) in [5, 5.41) is 4.99. The Bertz CT molecular complexity index is 2340. The van der Waals surface area contributed by atoms with E-state index < -0.39 is 0 Å². The molecule has 0 aliphatic rings. The van der Waals surface area contributed by atoms with Gasteiger partial charge in [-0.3, -0.25) is 0 Å². The Hall–Kier alpha value is -6.38. The van der Waals surface area contributed by atoms with Gasteiger partial charge in [0.15, 0.2) is 0 Å². The van der Waals surface area contributed by atoms with E-state index in [1.54, 1.807) is 0 Å². The molecule has 0 bridgehead atoms. The van der Waals surface area contributed by atoms with Crippen LogP contribution in [0, 0.1) is 6.92 Å². The molecule has 0 amide bonds. The molecule has 2 heteroatoms. The third-order valence-corrected chi connectivity index (χ3v) is 9.05. The van der Waals surface area contributed by atoms with Crippen molar-refractivity contribution < 1.29 is 0 Å². The Morgan fingerprint density at radius 1 is 0.347 bits per heavy atom. The quantitative estimate of drug-likeness (QED) is 0.122. The SMILES string of the molecule is Cc1cccc(N(c2ccc(/C=C/c3ccc(N(c4ccccc4)c4ccccc4)cc3)cc2)c2cc3ccccc3c3ccccc23)c1. The Morgan fingerprint density at radius 2 is 0.816 bits per heavy atom. The molecular formula is C47H36N2. The Kier molecular flexibility index (Phi) is 8.19. The minimum absolute atomic E-state index is 1.12. The van der Waals surface area contributed by atoms with Crippen LogP contribution < -0.4 is 9.80 Å². The molecule has 49 heavy (non-hydrogen) atoms. The Balaban J connectivity index is 1.11. The van der Waals surface area contributed by atoms with Gasteiger partial charge in [0.25, 0.3) is 0 Å². The number of aryl methyl sites for hydroxylation is 1. The second kappa shape index (κ2) is 13.4. The predicted octanol–water partition coefficient (Wildman–Crippen LogP) is 13.4. The van der Waals surface area contributed by atoms with Crippen molar-refractivity contribution >= 4 is 67.8 Å². The number of benzene rings is 8. The van der Waals surface area contributed by atoms with Gasteiger partial charge in [-0.1, -0.05) is 133 Å². The maximum Gasteiger partial charge on any atom is 0.0546 e. The van der Waals surface area contributed by atoms with Gasteiger partial charge in [0.1, 0.15) is 0 Å². The molecule has 0 saturated heterocycles. The van der Waals surface area contributed by atoms with Crippen LogP contribution in [0.1, 0.15) is 16.7 Å². The number of anilines is 6. The van der Waals surface area contributed by atoms with Crippen LogP contribution in [0.3, 0.4) is 0 Å². The van der Waals surface area contributed by atoms with E-state index in [1.165, 1.54) is 32.8 Å². The first-order valence-corrected chi connectivity index (χ1v) is 16.8. The second-order valence-electron chi connectivity index (χ2n) is 12.4. The van der Waals surface area contributed by atoms with Crippen molar-refractivity contribution in [1.29, 1.82) is 0 Å². The molecule has 0 aliphatic carbocycles. The molecule has 2 nitrogen and oxygen atoms in total. The van der Waals surface area contributed by atoms with Gasteiger partial charge in [0.05, 0.1) is 5.69 Å². The molecule has 0 unspecified atom stereocenters. The van der Waals surface area contributed by atoms with Gasteiger partial charge in [-0.2, -0.15) is 0 Å². The smallest absolute Gasteiger partial charge is 0.0546 e. The van der Waals surface area contributed by atoms with Crippen LogP contribution in [0.4, 0.5) is 34.1 Å². The zero-order chi connectivity index (χ0) is 33.0. The Labute approximate surface area is 288 Å². The van der Waals surface area contributed by atoms with Crippen LogP contribution in [0.2, 0.25) is 0 Å². The molecule has 0 N–H and O–H groups in total. The first-order valence-electron chi connectivity index (χ1n) is 16.8. The van der Waals surface area contributed by atoms with Crippen LogP contribution in [0.5, 0.6) is 0 Å². The van der Waals surface area contributed by atoms with Crippen LogP contribution in [0.25, 0.3) is 33.7 Å². The molecule has 8 aromatic rings. The fraction of sp³-hybridized carbons (Fsp3) is 0.0213. The molecule has 0 saturated carbocycles. The third-order valence-electron chi connectivity index (χ3n) is 9.05. The first-order chi connectivity index (χ1) is 24.2. The van der Waals surface area contributed by atoms with Crippen molar-refractivity contribution in [2.24, 2.45) is 0 Å². The lowest BCUT2D eigenvalue weighted by atomic mass is 9.99. The molecule has 8 aromatic carbocycles. The lowest BCUT2D eigenvalue weighted by molar-refractivity contribution is 1.28. The average Bonchev–Trinajstić information content (AvgIpc) is 3.16. The van der Waals surface area contributed by atoms with E-state index in [0.717, 1.165) is 39.6 Å². The molecule has 0 fully saturated rings. The van der Waals surface area contributed by atoms with Crippen LogP contribution >= 0.6 is 0 Å². The molecule has 0 aliphatic heterocycles. The fourth-order valence-electron chi connectivity index (χ4n) is 6.68. The predicted molar refractivity (Wildman–Crippen MR) is 211 cm³/mol.